The summed E-state index contributed by atoms with van der Waals surface area (Å²) in [5.74, 6) is -1.01. The van der Waals surface area contributed by atoms with Crippen molar-refractivity contribution in [1.82, 2.24) is 10.2 Å². The van der Waals surface area contributed by atoms with E-state index in [-0.39, 0.29) is 12.1 Å². The van der Waals surface area contributed by atoms with E-state index in [1.54, 1.807) is 18.2 Å². The Morgan fingerprint density at radius 2 is 2.24 bits per heavy atom. The molecule has 2 unspecified atom stereocenters. The highest BCUT2D eigenvalue weighted by molar-refractivity contribution is 5.84. The first-order valence-corrected chi connectivity index (χ1v) is 7.03. The lowest BCUT2D eigenvalue weighted by atomic mass is 9.93. The second kappa shape index (κ2) is 6.43. The van der Waals surface area contributed by atoms with Crippen LogP contribution >= 0.6 is 0 Å². The smallest absolute Gasteiger partial charge is 0.331 e. The van der Waals surface area contributed by atoms with Gasteiger partial charge in [0.15, 0.2) is 6.04 Å². The molecule has 1 aromatic rings. The van der Waals surface area contributed by atoms with E-state index >= 15 is 0 Å². The highest BCUT2D eigenvalue weighted by atomic mass is 16.4. The summed E-state index contributed by atoms with van der Waals surface area (Å²) in [6.07, 6.45) is 3.04. The van der Waals surface area contributed by atoms with Gasteiger partial charge in [-0.25, -0.2) is 9.59 Å². The van der Waals surface area contributed by atoms with E-state index in [9.17, 15) is 14.7 Å². The molecule has 0 saturated heterocycles. The predicted octanol–water partition coefficient (Wildman–Crippen LogP) is 2.34. The van der Waals surface area contributed by atoms with Crippen molar-refractivity contribution in [2.75, 3.05) is 6.54 Å². The molecule has 0 fully saturated rings. The minimum atomic E-state index is -1.01. The average Bonchev–Trinajstić information content (AvgIpc) is 2.45. The van der Waals surface area contributed by atoms with Crippen LogP contribution in [0.5, 0.6) is 0 Å². The van der Waals surface area contributed by atoms with Crippen LogP contribution < -0.4 is 5.32 Å². The summed E-state index contributed by atoms with van der Waals surface area (Å²) in [6, 6.07) is 6.05. The first kappa shape index (κ1) is 15.1. The van der Waals surface area contributed by atoms with Gasteiger partial charge in [-0.2, -0.15) is 0 Å². The van der Waals surface area contributed by atoms with E-state index < -0.39 is 12.0 Å². The van der Waals surface area contributed by atoms with Crippen molar-refractivity contribution >= 4 is 12.0 Å². The third kappa shape index (κ3) is 3.24. The summed E-state index contributed by atoms with van der Waals surface area (Å²) in [5.41, 5.74) is 1.69. The number of nitrogens with one attached hydrogen (secondary N) is 1. The molecule has 112 valence electrons. The molecule has 2 rings (SSSR count). The maximum Gasteiger partial charge on any atom is 0.331 e. The molecule has 2 atom stereocenters. The Morgan fingerprint density at radius 3 is 2.90 bits per heavy atom. The van der Waals surface area contributed by atoms with Crippen LogP contribution in [0.1, 0.15) is 30.5 Å². The quantitative estimate of drug-likeness (QED) is 0.836. The molecule has 0 aliphatic carbocycles. The molecule has 5 heteroatoms. The van der Waals surface area contributed by atoms with Crippen LogP contribution in [0.2, 0.25) is 0 Å². The van der Waals surface area contributed by atoms with Crippen LogP contribution in [0.4, 0.5) is 4.79 Å². The van der Waals surface area contributed by atoms with Gasteiger partial charge in [0.1, 0.15) is 0 Å². The Morgan fingerprint density at radius 1 is 1.52 bits per heavy atom. The summed E-state index contributed by atoms with van der Waals surface area (Å²) in [7, 11) is 0. The molecule has 5 nitrogen and oxygen atoms in total. The number of urea groups is 1. The summed E-state index contributed by atoms with van der Waals surface area (Å²) < 4.78 is 0. The van der Waals surface area contributed by atoms with E-state index in [0.717, 1.165) is 5.56 Å². The first-order chi connectivity index (χ1) is 10.0. The van der Waals surface area contributed by atoms with Gasteiger partial charge in [-0.3, -0.25) is 0 Å². The number of carbonyl (C=O) groups excluding carboxylic acids is 1. The zero-order valence-corrected chi connectivity index (χ0v) is 12.1. The zero-order chi connectivity index (χ0) is 15.4. The molecule has 2 N–H and O–H groups in total. The number of amides is 2. The highest BCUT2D eigenvalue weighted by Crippen LogP contribution is 2.29. The minimum Gasteiger partial charge on any atom is -0.479 e. The molecule has 1 heterocycles. The molecule has 1 aliphatic rings. The van der Waals surface area contributed by atoms with Gasteiger partial charge < -0.3 is 15.3 Å². The average molecular weight is 288 g/mol. The molecule has 0 aromatic heterocycles. The third-order valence-electron chi connectivity index (χ3n) is 3.67. The van der Waals surface area contributed by atoms with Crippen molar-refractivity contribution < 1.29 is 14.7 Å². The van der Waals surface area contributed by atoms with E-state index in [1.807, 2.05) is 19.1 Å². The Bertz CT molecular complexity index is 556. The minimum absolute atomic E-state index is 0.0679. The molecule has 0 spiro atoms. The van der Waals surface area contributed by atoms with E-state index in [1.165, 1.54) is 4.90 Å². The van der Waals surface area contributed by atoms with Gasteiger partial charge in [-0.05, 0) is 30.9 Å². The number of rotatable bonds is 4. The molecular formula is C16H20N2O3. The lowest BCUT2D eigenvalue weighted by molar-refractivity contribution is -0.142. The van der Waals surface area contributed by atoms with Crippen LogP contribution in [0.3, 0.4) is 0 Å². The van der Waals surface area contributed by atoms with Crippen molar-refractivity contribution in [3.05, 3.63) is 48.0 Å². The fraction of sp³-hybridized carbons (Fsp3) is 0.375. The number of carboxylic acids is 1. The second-order valence-electron chi connectivity index (χ2n) is 5.26. The Labute approximate surface area is 124 Å². The molecule has 1 aromatic carbocycles. The van der Waals surface area contributed by atoms with Crippen LogP contribution in [0.25, 0.3) is 0 Å². The maximum atomic E-state index is 12.3. The van der Waals surface area contributed by atoms with E-state index in [2.05, 4.69) is 11.9 Å². The summed E-state index contributed by atoms with van der Waals surface area (Å²) in [4.78, 5) is 25.3. The van der Waals surface area contributed by atoms with Gasteiger partial charge in [0.25, 0.3) is 0 Å². The third-order valence-corrected chi connectivity index (χ3v) is 3.67. The normalized spacial score (nSPS) is 18.5. The van der Waals surface area contributed by atoms with Gasteiger partial charge in [-0.15, -0.1) is 6.58 Å². The molecule has 21 heavy (non-hydrogen) atoms. The van der Waals surface area contributed by atoms with Crippen LogP contribution in [-0.4, -0.2) is 34.6 Å². The lowest BCUT2D eigenvalue weighted by Crippen LogP contribution is -2.50. The summed E-state index contributed by atoms with van der Waals surface area (Å²) >= 11 is 0. The van der Waals surface area contributed by atoms with Gasteiger partial charge in [0.2, 0.25) is 0 Å². The largest absolute Gasteiger partial charge is 0.479 e. The van der Waals surface area contributed by atoms with Crippen molar-refractivity contribution in [1.29, 1.82) is 0 Å². The van der Waals surface area contributed by atoms with Crippen LogP contribution in [0.15, 0.2) is 36.9 Å². The monoisotopic (exact) mass is 288 g/mol. The van der Waals surface area contributed by atoms with Crippen molar-refractivity contribution in [3.63, 3.8) is 0 Å². The molecule has 0 saturated carbocycles. The molecule has 2 amide bonds. The van der Waals surface area contributed by atoms with Gasteiger partial charge >= 0.3 is 12.0 Å². The number of benzene rings is 1. The topological polar surface area (TPSA) is 69.6 Å². The number of carboxylic acid groups (broad SMARTS) is 1. The number of hydrogen-bond acceptors (Lipinski definition) is 2. The molecule has 1 aliphatic heterocycles. The lowest BCUT2D eigenvalue weighted by Gasteiger charge is -2.35. The number of nitrogens with zero attached hydrogens (tertiary/aromatic N) is 1. The maximum absolute atomic E-state index is 12.3. The Kier molecular flexibility index (Phi) is 4.62. The van der Waals surface area contributed by atoms with Gasteiger partial charge in [-0.1, -0.05) is 30.3 Å². The Hall–Kier alpha value is -2.30. The van der Waals surface area contributed by atoms with Gasteiger partial charge in [0.05, 0.1) is 0 Å². The van der Waals surface area contributed by atoms with Crippen LogP contribution in [-0.2, 0) is 11.2 Å². The predicted molar refractivity (Wildman–Crippen MR) is 80.0 cm³/mol. The van der Waals surface area contributed by atoms with Crippen molar-refractivity contribution in [3.8, 4) is 0 Å². The summed E-state index contributed by atoms with van der Waals surface area (Å²) in [5, 5.41) is 12.3. The molecular weight excluding hydrogens is 268 g/mol. The first-order valence-electron chi connectivity index (χ1n) is 7.03. The summed E-state index contributed by atoms with van der Waals surface area (Å²) in [6.45, 7) is 5.91. The number of carbonyl (C=O) groups is 2. The standard InChI is InChI=1S/C16H20N2O3/c1-3-6-11(2)17-16(21)18-10-9-12-7-4-5-8-13(12)14(18)15(19)20/h3-5,7-8,11,14H,1,6,9-10H2,2H3,(H,17,21)(H,19,20). The fourth-order valence-electron chi connectivity index (χ4n) is 2.65. The molecule has 0 bridgehead atoms. The zero-order valence-electron chi connectivity index (χ0n) is 12.1. The van der Waals surface area contributed by atoms with E-state index in [0.29, 0.717) is 24.9 Å². The Balaban J connectivity index is 2.22. The molecule has 0 radical (unpaired) electrons. The van der Waals surface area contributed by atoms with E-state index in [4.69, 9.17) is 0 Å². The van der Waals surface area contributed by atoms with Crippen LogP contribution in [0, 0.1) is 0 Å². The fourth-order valence-corrected chi connectivity index (χ4v) is 2.65. The number of hydrogen-bond donors (Lipinski definition) is 2. The van der Waals surface area contributed by atoms with Gasteiger partial charge in [0, 0.05) is 12.6 Å². The van der Waals surface area contributed by atoms with Crippen molar-refractivity contribution in [2.24, 2.45) is 0 Å². The number of aliphatic carboxylic acids is 1. The second-order valence-corrected chi connectivity index (χ2v) is 5.26. The SMILES string of the molecule is C=CCC(C)NC(=O)N1CCc2ccccc2C1C(=O)O. The highest BCUT2D eigenvalue weighted by Gasteiger charge is 2.35. The number of fused-ring (bicyclic) bond motifs is 1. The van der Waals surface area contributed by atoms with Crippen molar-refractivity contribution in [2.45, 2.75) is 31.8 Å².